The number of carboxylic acid groups (broad SMARTS) is 1. The molecular formula is C14H16N2O3S. The van der Waals surface area contributed by atoms with E-state index in [0.717, 1.165) is 11.3 Å². The molecule has 5 nitrogen and oxygen atoms in total. The molecule has 20 heavy (non-hydrogen) atoms. The second kappa shape index (κ2) is 6.00. The quantitative estimate of drug-likeness (QED) is 0.858. The van der Waals surface area contributed by atoms with E-state index in [4.69, 9.17) is 4.74 Å². The Balaban J connectivity index is 2.36. The van der Waals surface area contributed by atoms with Gasteiger partial charge in [0.2, 0.25) is 0 Å². The van der Waals surface area contributed by atoms with Crippen molar-refractivity contribution in [1.82, 2.24) is 9.55 Å². The van der Waals surface area contributed by atoms with E-state index in [1.807, 2.05) is 42.1 Å². The molecule has 1 N–H and O–H groups in total. The molecule has 0 unspecified atom stereocenters. The largest absolute Gasteiger partial charge is 0.497 e. The first-order valence-electron chi connectivity index (χ1n) is 6.02. The lowest BCUT2D eigenvalue weighted by Gasteiger charge is -2.06. The summed E-state index contributed by atoms with van der Waals surface area (Å²) in [5, 5.41) is 9.95. The Morgan fingerprint density at radius 1 is 1.40 bits per heavy atom. The van der Waals surface area contributed by atoms with Gasteiger partial charge in [-0.1, -0.05) is 23.9 Å². The lowest BCUT2D eigenvalue weighted by molar-refractivity contribution is 0.0689. The Kier molecular flexibility index (Phi) is 4.34. The molecule has 0 bridgehead atoms. The summed E-state index contributed by atoms with van der Waals surface area (Å²) in [5.74, 6) is -0.216. The fraction of sp³-hybridized carbons (Fsp3) is 0.286. The van der Waals surface area contributed by atoms with Crippen LogP contribution in [0.4, 0.5) is 0 Å². The smallest absolute Gasteiger partial charge is 0.356 e. The first-order valence-corrected chi connectivity index (χ1v) is 7.25. The topological polar surface area (TPSA) is 64.3 Å². The molecule has 0 saturated heterocycles. The number of rotatable bonds is 5. The van der Waals surface area contributed by atoms with Crippen LogP contribution in [0, 0.1) is 0 Å². The number of methoxy groups -OCH3 is 1. The molecule has 106 valence electrons. The predicted octanol–water partition coefficient (Wildman–Crippen LogP) is 2.44. The minimum Gasteiger partial charge on any atom is -0.497 e. The normalized spacial score (nSPS) is 10.6. The van der Waals surface area contributed by atoms with Crippen molar-refractivity contribution >= 4 is 17.7 Å². The van der Waals surface area contributed by atoms with Crippen molar-refractivity contribution in [3.63, 3.8) is 0 Å². The molecule has 0 saturated carbocycles. The molecule has 0 fully saturated rings. The van der Waals surface area contributed by atoms with Crippen molar-refractivity contribution in [3.8, 4) is 5.75 Å². The van der Waals surface area contributed by atoms with Crippen LogP contribution < -0.4 is 4.74 Å². The molecule has 0 atom stereocenters. The van der Waals surface area contributed by atoms with Crippen LogP contribution in [0.5, 0.6) is 5.75 Å². The predicted molar refractivity (Wildman–Crippen MR) is 77.7 cm³/mol. The Hall–Kier alpha value is -1.95. The number of thioether (sulfide) groups is 1. The number of imidazole rings is 1. The number of hydrogen-bond acceptors (Lipinski definition) is 4. The van der Waals surface area contributed by atoms with Crippen molar-refractivity contribution in [2.45, 2.75) is 11.6 Å². The van der Waals surface area contributed by atoms with E-state index >= 15 is 0 Å². The maximum atomic E-state index is 11.3. The van der Waals surface area contributed by atoms with Gasteiger partial charge in [-0.15, -0.1) is 0 Å². The summed E-state index contributed by atoms with van der Waals surface area (Å²) < 4.78 is 6.94. The Bertz CT molecular complexity index is 620. The number of hydrogen-bond donors (Lipinski definition) is 1. The van der Waals surface area contributed by atoms with Crippen LogP contribution in [0.3, 0.4) is 0 Å². The number of nitrogens with zero attached hydrogens (tertiary/aromatic N) is 2. The zero-order valence-electron chi connectivity index (χ0n) is 11.6. The average Bonchev–Trinajstić information content (AvgIpc) is 2.77. The molecule has 1 heterocycles. The number of aromatic carboxylic acids is 1. The highest BCUT2D eigenvalue weighted by Crippen LogP contribution is 2.22. The summed E-state index contributed by atoms with van der Waals surface area (Å²) in [6, 6.07) is 7.58. The third-order valence-electron chi connectivity index (χ3n) is 3.09. The van der Waals surface area contributed by atoms with Crippen LogP contribution in [0.1, 0.15) is 21.7 Å². The van der Waals surface area contributed by atoms with E-state index < -0.39 is 5.97 Å². The molecule has 2 rings (SSSR count). The summed E-state index contributed by atoms with van der Waals surface area (Å²) in [5.41, 5.74) is 1.84. The van der Waals surface area contributed by atoms with Gasteiger partial charge in [-0.3, -0.25) is 0 Å². The van der Waals surface area contributed by atoms with E-state index in [9.17, 15) is 9.90 Å². The van der Waals surface area contributed by atoms with Crippen LogP contribution in [0.2, 0.25) is 0 Å². The van der Waals surface area contributed by atoms with Gasteiger partial charge in [-0.2, -0.15) is 0 Å². The number of aromatic nitrogens is 2. The molecule has 0 amide bonds. The lowest BCUT2D eigenvalue weighted by Crippen LogP contribution is -2.06. The van der Waals surface area contributed by atoms with Crippen molar-refractivity contribution in [2.75, 3.05) is 13.4 Å². The summed E-state index contributed by atoms with van der Waals surface area (Å²) in [6.07, 6.45) is 2.40. The van der Waals surface area contributed by atoms with E-state index in [-0.39, 0.29) is 5.69 Å². The fourth-order valence-electron chi connectivity index (χ4n) is 2.00. The third kappa shape index (κ3) is 2.80. The first kappa shape index (κ1) is 14.5. The van der Waals surface area contributed by atoms with Crippen LogP contribution in [-0.4, -0.2) is 34.0 Å². The molecule has 0 aliphatic rings. The second-order valence-electron chi connectivity index (χ2n) is 4.28. The van der Waals surface area contributed by atoms with Gasteiger partial charge in [0.15, 0.2) is 10.9 Å². The number of ether oxygens (including phenoxy) is 1. The van der Waals surface area contributed by atoms with Crippen LogP contribution in [0.25, 0.3) is 0 Å². The van der Waals surface area contributed by atoms with Gasteiger partial charge in [-0.05, 0) is 24.0 Å². The monoisotopic (exact) mass is 292 g/mol. The number of benzene rings is 1. The van der Waals surface area contributed by atoms with Gasteiger partial charge >= 0.3 is 5.97 Å². The van der Waals surface area contributed by atoms with Gasteiger partial charge in [0.1, 0.15) is 5.75 Å². The van der Waals surface area contributed by atoms with Gasteiger partial charge in [0.25, 0.3) is 0 Å². The highest BCUT2D eigenvalue weighted by Gasteiger charge is 2.19. The summed E-state index contributed by atoms with van der Waals surface area (Å²) >= 11 is 1.43. The highest BCUT2D eigenvalue weighted by molar-refractivity contribution is 7.98. The Morgan fingerprint density at radius 3 is 2.55 bits per heavy atom. The zero-order chi connectivity index (χ0) is 14.7. The van der Waals surface area contributed by atoms with Crippen LogP contribution in [0.15, 0.2) is 29.4 Å². The molecular weight excluding hydrogens is 276 g/mol. The summed E-state index contributed by atoms with van der Waals surface area (Å²) in [6.45, 7) is 0. The van der Waals surface area contributed by atoms with Crippen LogP contribution >= 0.6 is 11.8 Å². The fourth-order valence-corrected chi connectivity index (χ4v) is 2.57. The summed E-state index contributed by atoms with van der Waals surface area (Å²) in [4.78, 5) is 15.4. The SMILES string of the molecule is COc1ccc(Cc2c(C(=O)O)nc(SC)n2C)cc1. The van der Waals surface area contributed by atoms with Crippen molar-refractivity contribution < 1.29 is 14.6 Å². The molecule has 1 aromatic heterocycles. The van der Waals surface area contributed by atoms with E-state index in [1.165, 1.54) is 11.8 Å². The van der Waals surface area contributed by atoms with Gasteiger partial charge in [0, 0.05) is 13.5 Å². The highest BCUT2D eigenvalue weighted by atomic mass is 32.2. The maximum absolute atomic E-state index is 11.3. The zero-order valence-corrected chi connectivity index (χ0v) is 12.4. The molecule has 2 aromatic rings. The van der Waals surface area contributed by atoms with Crippen molar-refractivity contribution in [3.05, 3.63) is 41.2 Å². The maximum Gasteiger partial charge on any atom is 0.356 e. The van der Waals surface area contributed by atoms with Crippen molar-refractivity contribution in [2.24, 2.45) is 7.05 Å². The standard InChI is InChI=1S/C14H16N2O3S/c1-16-11(12(13(17)18)15-14(16)20-3)8-9-4-6-10(19-2)7-5-9/h4-7H,8H2,1-3H3,(H,17,18). The Labute approximate surface area is 121 Å². The van der Waals surface area contributed by atoms with E-state index in [2.05, 4.69) is 4.98 Å². The minimum absolute atomic E-state index is 0.118. The Morgan fingerprint density at radius 2 is 2.05 bits per heavy atom. The summed E-state index contributed by atoms with van der Waals surface area (Å²) in [7, 11) is 3.45. The van der Waals surface area contributed by atoms with E-state index in [1.54, 1.807) is 7.11 Å². The van der Waals surface area contributed by atoms with Gasteiger partial charge in [0.05, 0.1) is 12.8 Å². The molecule has 0 aliphatic heterocycles. The molecule has 6 heteroatoms. The van der Waals surface area contributed by atoms with Crippen molar-refractivity contribution in [1.29, 1.82) is 0 Å². The second-order valence-corrected chi connectivity index (χ2v) is 5.06. The van der Waals surface area contributed by atoms with E-state index in [0.29, 0.717) is 17.3 Å². The molecule has 1 aromatic carbocycles. The molecule has 0 radical (unpaired) electrons. The molecule has 0 aliphatic carbocycles. The van der Waals surface area contributed by atoms with Gasteiger partial charge in [-0.25, -0.2) is 9.78 Å². The first-order chi connectivity index (χ1) is 9.56. The average molecular weight is 292 g/mol. The van der Waals surface area contributed by atoms with Crippen LogP contribution in [-0.2, 0) is 13.5 Å². The number of carbonyl (C=O) groups is 1. The molecule has 0 spiro atoms. The number of carboxylic acids is 1. The third-order valence-corrected chi connectivity index (χ3v) is 3.82. The van der Waals surface area contributed by atoms with Gasteiger partial charge < -0.3 is 14.4 Å². The minimum atomic E-state index is -0.996. The lowest BCUT2D eigenvalue weighted by atomic mass is 10.1.